The van der Waals surface area contributed by atoms with Crippen molar-refractivity contribution >= 4 is 6.01 Å². The minimum atomic E-state index is 0.00385. The Morgan fingerprint density at radius 3 is 2.53 bits per heavy atom. The summed E-state index contributed by atoms with van der Waals surface area (Å²) in [6, 6.07) is 4.30. The Morgan fingerprint density at radius 1 is 1.24 bits per heavy atom. The zero-order valence-corrected chi connectivity index (χ0v) is 10.5. The van der Waals surface area contributed by atoms with Crippen LogP contribution in [0.5, 0.6) is 0 Å². The number of furan rings is 1. The highest BCUT2D eigenvalue weighted by atomic mass is 16.5. The number of rotatable bonds is 4. The van der Waals surface area contributed by atoms with Gasteiger partial charge in [-0.25, -0.2) is 0 Å². The number of hydrogen-bond acceptors (Lipinski definition) is 5. The van der Waals surface area contributed by atoms with E-state index >= 15 is 0 Å². The summed E-state index contributed by atoms with van der Waals surface area (Å²) < 4.78 is 10.6. The van der Waals surface area contributed by atoms with Crippen LogP contribution in [0.15, 0.2) is 21.1 Å². The largest absolute Gasteiger partial charge is 0.464 e. The Balaban J connectivity index is 2.05. The first-order chi connectivity index (χ1) is 8.06. The second-order valence-electron chi connectivity index (χ2n) is 4.43. The molecule has 0 aliphatic heterocycles. The zero-order chi connectivity index (χ0) is 12.4. The van der Waals surface area contributed by atoms with Gasteiger partial charge >= 0.3 is 6.01 Å². The third kappa shape index (κ3) is 2.67. The Bertz CT molecular complexity index is 487. The molecule has 1 atom stereocenters. The van der Waals surface area contributed by atoms with Crippen molar-refractivity contribution in [3.63, 3.8) is 0 Å². The van der Waals surface area contributed by atoms with Gasteiger partial charge in [-0.3, -0.25) is 0 Å². The van der Waals surface area contributed by atoms with Gasteiger partial charge in [0.25, 0.3) is 0 Å². The van der Waals surface area contributed by atoms with Crippen LogP contribution in [0.4, 0.5) is 6.01 Å². The monoisotopic (exact) mass is 235 g/mol. The molecule has 5 nitrogen and oxygen atoms in total. The van der Waals surface area contributed by atoms with E-state index in [1.807, 2.05) is 39.8 Å². The maximum atomic E-state index is 5.52. The molecule has 0 spiro atoms. The first-order valence-corrected chi connectivity index (χ1v) is 5.72. The first-order valence-electron chi connectivity index (χ1n) is 5.72. The summed E-state index contributed by atoms with van der Waals surface area (Å²) in [5.41, 5.74) is 0. The molecule has 0 bridgehead atoms. The number of nitrogens with zero attached hydrogens (tertiary/aromatic N) is 2. The van der Waals surface area contributed by atoms with E-state index in [1.54, 1.807) is 0 Å². The van der Waals surface area contributed by atoms with Gasteiger partial charge in [-0.15, -0.1) is 0 Å². The van der Waals surface area contributed by atoms with Crippen molar-refractivity contribution in [3.8, 4) is 0 Å². The molecule has 2 rings (SSSR count). The predicted octanol–water partition coefficient (Wildman–Crippen LogP) is 3.27. The highest BCUT2D eigenvalue weighted by molar-refractivity contribution is 5.25. The van der Waals surface area contributed by atoms with Crippen LogP contribution in [-0.2, 0) is 0 Å². The molecule has 0 unspecified atom stereocenters. The van der Waals surface area contributed by atoms with Gasteiger partial charge in [-0.2, -0.15) is 4.98 Å². The lowest BCUT2D eigenvalue weighted by atomic mass is 10.2. The summed E-state index contributed by atoms with van der Waals surface area (Å²) in [4.78, 5) is 4.25. The van der Waals surface area contributed by atoms with Gasteiger partial charge in [0.15, 0.2) is 5.82 Å². The molecular weight excluding hydrogens is 218 g/mol. The molecule has 0 saturated heterocycles. The van der Waals surface area contributed by atoms with E-state index in [-0.39, 0.29) is 12.0 Å². The fraction of sp³-hybridized carbons (Fsp3) is 0.500. The third-order valence-electron chi connectivity index (χ3n) is 2.49. The van der Waals surface area contributed by atoms with Crippen molar-refractivity contribution in [1.29, 1.82) is 0 Å². The topological polar surface area (TPSA) is 64.1 Å². The van der Waals surface area contributed by atoms with Crippen LogP contribution in [0.2, 0.25) is 0 Å². The average molecular weight is 235 g/mol. The second-order valence-corrected chi connectivity index (χ2v) is 4.43. The lowest BCUT2D eigenvalue weighted by Gasteiger charge is -2.07. The van der Waals surface area contributed by atoms with Crippen LogP contribution in [0.3, 0.4) is 0 Å². The molecule has 2 aromatic rings. The first kappa shape index (κ1) is 11.7. The summed E-state index contributed by atoms with van der Waals surface area (Å²) in [5.74, 6) is 2.71. The van der Waals surface area contributed by atoms with Crippen molar-refractivity contribution in [2.24, 2.45) is 0 Å². The Morgan fingerprint density at radius 2 is 2.00 bits per heavy atom. The second kappa shape index (κ2) is 4.61. The van der Waals surface area contributed by atoms with Crippen molar-refractivity contribution < 1.29 is 8.94 Å². The maximum Gasteiger partial charge on any atom is 0.322 e. The van der Waals surface area contributed by atoms with E-state index in [4.69, 9.17) is 8.94 Å². The van der Waals surface area contributed by atoms with Crippen molar-refractivity contribution in [2.45, 2.75) is 39.7 Å². The van der Waals surface area contributed by atoms with Gasteiger partial charge < -0.3 is 14.3 Å². The van der Waals surface area contributed by atoms with Crippen molar-refractivity contribution in [3.05, 3.63) is 29.5 Å². The molecule has 2 aromatic heterocycles. The molecule has 1 N–H and O–H groups in total. The van der Waals surface area contributed by atoms with E-state index in [2.05, 4.69) is 15.5 Å². The molecule has 5 heteroatoms. The van der Waals surface area contributed by atoms with Crippen LogP contribution < -0.4 is 5.32 Å². The molecule has 92 valence electrons. The normalized spacial score (nSPS) is 13.0. The summed E-state index contributed by atoms with van der Waals surface area (Å²) in [6.07, 6.45) is 0. The summed E-state index contributed by atoms with van der Waals surface area (Å²) >= 11 is 0. The molecule has 0 radical (unpaired) electrons. The molecule has 0 saturated carbocycles. The van der Waals surface area contributed by atoms with E-state index < -0.39 is 0 Å². The maximum absolute atomic E-state index is 5.52. The van der Waals surface area contributed by atoms with Crippen LogP contribution in [0, 0.1) is 6.92 Å². The van der Waals surface area contributed by atoms with Gasteiger partial charge in [0.1, 0.15) is 11.5 Å². The van der Waals surface area contributed by atoms with Crippen molar-refractivity contribution in [1.82, 2.24) is 10.1 Å². The van der Waals surface area contributed by atoms with Gasteiger partial charge in [0.2, 0.25) is 0 Å². The van der Waals surface area contributed by atoms with Crippen LogP contribution in [0.1, 0.15) is 50.1 Å². The quantitative estimate of drug-likeness (QED) is 0.881. The predicted molar refractivity (Wildman–Crippen MR) is 63.9 cm³/mol. The van der Waals surface area contributed by atoms with Crippen LogP contribution in [0.25, 0.3) is 0 Å². The molecule has 2 heterocycles. The lowest BCUT2D eigenvalue weighted by Crippen LogP contribution is -2.05. The minimum Gasteiger partial charge on any atom is -0.464 e. The molecule has 17 heavy (non-hydrogen) atoms. The highest BCUT2D eigenvalue weighted by Gasteiger charge is 2.14. The van der Waals surface area contributed by atoms with E-state index in [9.17, 15) is 0 Å². The van der Waals surface area contributed by atoms with Gasteiger partial charge in [-0.1, -0.05) is 19.0 Å². The fourth-order valence-electron chi connectivity index (χ4n) is 1.47. The number of hydrogen-bond donors (Lipinski definition) is 1. The number of aromatic nitrogens is 2. The van der Waals surface area contributed by atoms with E-state index in [0.29, 0.717) is 11.8 Å². The van der Waals surface area contributed by atoms with E-state index in [1.165, 1.54) is 0 Å². The highest BCUT2D eigenvalue weighted by Crippen LogP contribution is 2.21. The number of anilines is 1. The van der Waals surface area contributed by atoms with Gasteiger partial charge in [0.05, 0.1) is 6.04 Å². The third-order valence-corrected chi connectivity index (χ3v) is 2.49. The molecule has 0 aromatic carbocycles. The van der Waals surface area contributed by atoms with Crippen LogP contribution in [-0.4, -0.2) is 10.1 Å². The van der Waals surface area contributed by atoms with E-state index in [0.717, 1.165) is 11.5 Å². The standard InChI is InChI=1S/C12H17N3O2/c1-7(2)11-14-12(17-15-11)13-9(4)10-6-5-8(3)16-10/h5-7,9H,1-4H3,(H,13,14,15)/t9-/m1/s1. The minimum absolute atomic E-state index is 0.00385. The summed E-state index contributed by atoms with van der Waals surface area (Å²) in [7, 11) is 0. The lowest BCUT2D eigenvalue weighted by molar-refractivity contribution is 0.409. The molecule has 0 aliphatic carbocycles. The number of nitrogens with one attached hydrogen (secondary N) is 1. The molecule has 0 aliphatic rings. The van der Waals surface area contributed by atoms with Gasteiger partial charge in [0, 0.05) is 5.92 Å². The summed E-state index contributed by atoms with van der Waals surface area (Å²) in [6.45, 7) is 7.94. The van der Waals surface area contributed by atoms with Gasteiger partial charge in [-0.05, 0) is 26.0 Å². The molecule has 0 fully saturated rings. The van der Waals surface area contributed by atoms with Crippen LogP contribution >= 0.6 is 0 Å². The molecular formula is C12H17N3O2. The fourth-order valence-corrected chi connectivity index (χ4v) is 1.47. The SMILES string of the molecule is Cc1ccc([C@@H](C)Nc2nc(C(C)C)no2)o1. The Hall–Kier alpha value is -1.78. The summed E-state index contributed by atoms with van der Waals surface area (Å²) in [5, 5.41) is 7.00. The average Bonchev–Trinajstić information content (AvgIpc) is 2.86. The zero-order valence-electron chi connectivity index (χ0n) is 10.5. The number of aryl methyl sites for hydroxylation is 1. The van der Waals surface area contributed by atoms with Crippen molar-refractivity contribution in [2.75, 3.05) is 5.32 Å². The smallest absolute Gasteiger partial charge is 0.322 e. The Labute approximate surface area is 100 Å². The molecule has 0 amide bonds. The Kier molecular flexibility index (Phi) is 3.17.